The molecule has 1 aromatic carbocycles. The summed E-state index contributed by atoms with van der Waals surface area (Å²) in [4.78, 5) is 1.67. The van der Waals surface area contributed by atoms with Crippen LogP contribution in [-0.4, -0.2) is 24.8 Å². The van der Waals surface area contributed by atoms with Crippen molar-refractivity contribution in [1.82, 2.24) is 0 Å². The Morgan fingerprint density at radius 2 is 2.19 bits per heavy atom. The minimum Gasteiger partial charge on any atom is -0.392 e. The number of aliphatic hydroxyl groups excluding tert-OH is 1. The van der Waals surface area contributed by atoms with Crippen molar-refractivity contribution >= 4 is 21.6 Å². The molecule has 0 aromatic heterocycles. The van der Waals surface area contributed by atoms with Crippen molar-refractivity contribution in [2.45, 2.75) is 19.6 Å². The number of rotatable bonds is 4. The molecule has 0 aliphatic carbocycles. The number of hydrogen-bond acceptors (Lipinski definition) is 3. The van der Waals surface area contributed by atoms with Crippen LogP contribution in [0.1, 0.15) is 12.5 Å². The molecule has 0 saturated heterocycles. The number of aliphatic hydroxyl groups is 1. The van der Waals surface area contributed by atoms with Gasteiger partial charge in [-0.25, -0.2) is 4.39 Å². The van der Waals surface area contributed by atoms with Gasteiger partial charge in [-0.3, -0.25) is 0 Å². The maximum atomic E-state index is 13.9. The molecule has 1 rings (SSSR count). The van der Waals surface area contributed by atoms with Crippen LogP contribution in [0.3, 0.4) is 0 Å². The Labute approximate surface area is 103 Å². The van der Waals surface area contributed by atoms with E-state index in [0.29, 0.717) is 16.7 Å². The monoisotopic (exact) mass is 290 g/mol. The zero-order valence-corrected chi connectivity index (χ0v) is 11.0. The highest BCUT2D eigenvalue weighted by Gasteiger charge is 2.14. The van der Waals surface area contributed by atoms with Gasteiger partial charge in [0.2, 0.25) is 0 Å². The normalized spacial score (nSPS) is 12.6. The average molecular weight is 291 g/mol. The first-order chi connectivity index (χ1) is 7.47. The molecular formula is C11H16BrFN2O. The second kappa shape index (κ2) is 5.61. The van der Waals surface area contributed by atoms with Crippen LogP contribution in [-0.2, 0) is 6.54 Å². The quantitative estimate of drug-likeness (QED) is 0.890. The predicted molar refractivity (Wildman–Crippen MR) is 66.9 cm³/mol. The van der Waals surface area contributed by atoms with Gasteiger partial charge < -0.3 is 15.7 Å². The summed E-state index contributed by atoms with van der Waals surface area (Å²) in [5.74, 6) is -0.342. The molecule has 0 heterocycles. The van der Waals surface area contributed by atoms with Gasteiger partial charge in [-0.2, -0.15) is 0 Å². The molecule has 0 aliphatic rings. The fraction of sp³-hybridized carbons (Fsp3) is 0.455. The maximum absolute atomic E-state index is 13.9. The second-order valence-corrected chi connectivity index (χ2v) is 4.60. The first kappa shape index (κ1) is 13.4. The van der Waals surface area contributed by atoms with Crippen LogP contribution in [0.2, 0.25) is 0 Å². The Hall–Kier alpha value is -0.650. The second-order valence-electron chi connectivity index (χ2n) is 3.81. The summed E-state index contributed by atoms with van der Waals surface area (Å²) in [5.41, 5.74) is 6.65. The van der Waals surface area contributed by atoms with Gasteiger partial charge in [0, 0.05) is 20.1 Å². The molecular weight excluding hydrogens is 275 g/mol. The van der Waals surface area contributed by atoms with E-state index in [9.17, 15) is 9.50 Å². The highest BCUT2D eigenvalue weighted by molar-refractivity contribution is 9.10. The zero-order chi connectivity index (χ0) is 12.3. The lowest BCUT2D eigenvalue weighted by atomic mass is 10.2. The van der Waals surface area contributed by atoms with Crippen molar-refractivity contribution in [3.63, 3.8) is 0 Å². The molecule has 16 heavy (non-hydrogen) atoms. The Morgan fingerprint density at radius 1 is 1.56 bits per heavy atom. The van der Waals surface area contributed by atoms with Gasteiger partial charge in [-0.15, -0.1) is 0 Å². The van der Waals surface area contributed by atoms with Crippen molar-refractivity contribution < 1.29 is 9.50 Å². The van der Waals surface area contributed by atoms with E-state index in [1.165, 1.54) is 0 Å². The predicted octanol–water partition coefficient (Wildman–Crippen LogP) is 1.86. The molecule has 3 N–H and O–H groups in total. The van der Waals surface area contributed by atoms with Crippen molar-refractivity contribution in [2.24, 2.45) is 5.73 Å². The van der Waals surface area contributed by atoms with E-state index in [-0.39, 0.29) is 12.4 Å². The molecule has 0 amide bonds. The average Bonchev–Trinajstić information content (AvgIpc) is 2.20. The van der Waals surface area contributed by atoms with Gasteiger partial charge in [0.05, 0.1) is 16.3 Å². The van der Waals surface area contributed by atoms with Crippen LogP contribution in [0.15, 0.2) is 16.6 Å². The number of likely N-dealkylation sites (N-methyl/N-ethyl adjacent to an activating group) is 1. The van der Waals surface area contributed by atoms with Crippen LogP contribution in [0, 0.1) is 5.82 Å². The zero-order valence-electron chi connectivity index (χ0n) is 9.37. The number of benzene rings is 1. The lowest BCUT2D eigenvalue weighted by Crippen LogP contribution is -2.27. The van der Waals surface area contributed by atoms with E-state index in [1.807, 2.05) is 0 Å². The minimum atomic E-state index is -0.502. The molecule has 5 heteroatoms. The Morgan fingerprint density at radius 3 is 2.69 bits per heavy atom. The highest BCUT2D eigenvalue weighted by Crippen LogP contribution is 2.28. The van der Waals surface area contributed by atoms with Crippen molar-refractivity contribution in [2.75, 3.05) is 18.5 Å². The summed E-state index contributed by atoms with van der Waals surface area (Å²) in [6.45, 7) is 2.33. The third kappa shape index (κ3) is 2.93. The topological polar surface area (TPSA) is 49.5 Å². The van der Waals surface area contributed by atoms with Crippen LogP contribution in [0.5, 0.6) is 0 Å². The molecule has 3 nitrogen and oxygen atoms in total. The number of hydrogen-bond donors (Lipinski definition) is 2. The van der Waals surface area contributed by atoms with E-state index < -0.39 is 6.10 Å². The van der Waals surface area contributed by atoms with Gasteiger partial charge >= 0.3 is 0 Å². The van der Waals surface area contributed by atoms with Gasteiger partial charge in [0.15, 0.2) is 5.82 Å². The van der Waals surface area contributed by atoms with Gasteiger partial charge in [-0.1, -0.05) is 6.07 Å². The molecule has 0 saturated carbocycles. The van der Waals surface area contributed by atoms with Gasteiger partial charge in [0.25, 0.3) is 0 Å². The van der Waals surface area contributed by atoms with Gasteiger partial charge in [0.1, 0.15) is 0 Å². The number of nitrogens with zero attached hydrogens (tertiary/aromatic N) is 1. The minimum absolute atomic E-state index is 0.290. The van der Waals surface area contributed by atoms with E-state index >= 15 is 0 Å². The molecule has 1 aromatic rings. The van der Waals surface area contributed by atoms with Crippen LogP contribution >= 0.6 is 15.9 Å². The Balaban J connectivity index is 3.02. The van der Waals surface area contributed by atoms with E-state index in [0.717, 1.165) is 5.56 Å². The molecule has 1 atom stereocenters. The lowest BCUT2D eigenvalue weighted by Gasteiger charge is -2.22. The van der Waals surface area contributed by atoms with E-state index in [1.54, 1.807) is 31.0 Å². The molecule has 0 bridgehead atoms. The maximum Gasteiger partial charge on any atom is 0.160 e. The molecule has 0 aliphatic heterocycles. The summed E-state index contributed by atoms with van der Waals surface area (Å²) in [5, 5.41) is 9.25. The summed E-state index contributed by atoms with van der Waals surface area (Å²) in [6, 6.07) is 3.45. The third-order valence-electron chi connectivity index (χ3n) is 2.31. The largest absolute Gasteiger partial charge is 0.392 e. The standard InChI is InChI=1S/C11H16BrFN2O/c1-7(16)6-15(2)9-4-3-8(5-14)10(12)11(9)13/h3-4,7,16H,5-6,14H2,1-2H3. The molecule has 0 fully saturated rings. The Kier molecular flexibility index (Phi) is 4.70. The summed E-state index contributed by atoms with van der Waals surface area (Å²) < 4.78 is 14.3. The summed E-state index contributed by atoms with van der Waals surface area (Å²) in [7, 11) is 1.74. The summed E-state index contributed by atoms with van der Waals surface area (Å²) >= 11 is 3.18. The lowest BCUT2D eigenvalue weighted by molar-refractivity contribution is 0.201. The first-order valence-electron chi connectivity index (χ1n) is 5.03. The van der Waals surface area contributed by atoms with Crippen molar-refractivity contribution in [3.05, 3.63) is 28.0 Å². The molecule has 1 unspecified atom stereocenters. The fourth-order valence-corrected chi connectivity index (χ4v) is 2.02. The van der Waals surface area contributed by atoms with E-state index in [2.05, 4.69) is 15.9 Å². The van der Waals surface area contributed by atoms with Crippen LogP contribution in [0.25, 0.3) is 0 Å². The molecule has 0 radical (unpaired) electrons. The number of anilines is 1. The summed E-state index contributed by atoms with van der Waals surface area (Å²) in [6.07, 6.45) is -0.502. The van der Waals surface area contributed by atoms with E-state index in [4.69, 9.17) is 5.73 Å². The first-order valence-corrected chi connectivity index (χ1v) is 5.82. The SMILES string of the molecule is CC(O)CN(C)c1ccc(CN)c(Br)c1F. The molecule has 0 spiro atoms. The van der Waals surface area contributed by atoms with Crippen molar-refractivity contribution in [3.8, 4) is 0 Å². The third-order valence-corrected chi connectivity index (χ3v) is 3.17. The Bertz CT molecular complexity index is 371. The molecule has 90 valence electrons. The van der Waals surface area contributed by atoms with Crippen molar-refractivity contribution in [1.29, 1.82) is 0 Å². The number of halogens is 2. The van der Waals surface area contributed by atoms with Crippen LogP contribution in [0.4, 0.5) is 10.1 Å². The smallest absolute Gasteiger partial charge is 0.160 e. The number of nitrogens with two attached hydrogens (primary N) is 1. The fourth-order valence-electron chi connectivity index (χ4n) is 1.53. The van der Waals surface area contributed by atoms with Gasteiger partial charge in [-0.05, 0) is 34.5 Å². The highest BCUT2D eigenvalue weighted by atomic mass is 79.9. The van der Waals surface area contributed by atoms with Crippen LogP contribution < -0.4 is 10.6 Å².